The highest BCUT2D eigenvalue weighted by molar-refractivity contribution is 5.78. The molecule has 2 rings (SSSR count). The molecule has 19 heavy (non-hydrogen) atoms. The lowest BCUT2D eigenvalue weighted by molar-refractivity contribution is -0.161. The Hall–Kier alpha value is -1.35. The molecule has 0 amide bonds. The lowest BCUT2D eigenvalue weighted by Crippen LogP contribution is -2.36. The monoisotopic (exact) mass is 261 g/mol. The molecule has 1 aromatic rings. The van der Waals surface area contributed by atoms with Crippen LogP contribution < -0.4 is 0 Å². The molecule has 1 atom stereocenters. The van der Waals surface area contributed by atoms with Crippen LogP contribution in [0.4, 0.5) is 0 Å². The Morgan fingerprint density at radius 2 is 1.74 bits per heavy atom. The summed E-state index contributed by atoms with van der Waals surface area (Å²) < 4.78 is 5.59. The van der Waals surface area contributed by atoms with Crippen molar-refractivity contribution in [2.75, 3.05) is 13.1 Å². The fourth-order valence-electron chi connectivity index (χ4n) is 2.49. The summed E-state index contributed by atoms with van der Waals surface area (Å²) in [7, 11) is 0. The van der Waals surface area contributed by atoms with Gasteiger partial charge in [-0.05, 0) is 52.3 Å². The van der Waals surface area contributed by atoms with E-state index in [0.29, 0.717) is 0 Å². The summed E-state index contributed by atoms with van der Waals surface area (Å²) in [4.78, 5) is 14.7. The van der Waals surface area contributed by atoms with Crippen molar-refractivity contribution in [3.63, 3.8) is 0 Å². The van der Waals surface area contributed by atoms with E-state index in [1.165, 1.54) is 0 Å². The quantitative estimate of drug-likeness (QED) is 0.783. The third-order valence-corrected chi connectivity index (χ3v) is 3.25. The van der Waals surface area contributed by atoms with Crippen LogP contribution in [0.15, 0.2) is 30.3 Å². The van der Waals surface area contributed by atoms with E-state index in [4.69, 9.17) is 4.74 Å². The first-order chi connectivity index (χ1) is 8.97. The predicted molar refractivity (Wildman–Crippen MR) is 75.8 cm³/mol. The lowest BCUT2D eigenvalue weighted by atomic mass is 10.1. The summed E-state index contributed by atoms with van der Waals surface area (Å²) in [6.07, 6.45) is 2.32. The molecule has 0 aromatic heterocycles. The number of nitrogens with zero attached hydrogens (tertiary/aromatic N) is 1. The van der Waals surface area contributed by atoms with Gasteiger partial charge in [0, 0.05) is 0 Å². The zero-order valence-electron chi connectivity index (χ0n) is 12.1. The van der Waals surface area contributed by atoms with Crippen LogP contribution in [0.1, 0.15) is 45.2 Å². The van der Waals surface area contributed by atoms with E-state index in [9.17, 15) is 4.79 Å². The molecule has 1 saturated heterocycles. The standard InChI is InChI=1S/C16H23NO2/c1-16(2,3)19-15(18)14(17-11-7-8-12-17)13-9-5-4-6-10-13/h4-6,9-10,14H,7-8,11-12H2,1-3H3. The van der Waals surface area contributed by atoms with E-state index in [-0.39, 0.29) is 12.0 Å². The fraction of sp³-hybridized carbons (Fsp3) is 0.562. The molecule has 1 heterocycles. The van der Waals surface area contributed by atoms with Gasteiger partial charge >= 0.3 is 5.97 Å². The second-order valence-corrected chi connectivity index (χ2v) is 6.09. The van der Waals surface area contributed by atoms with Crippen molar-refractivity contribution in [2.45, 2.75) is 45.3 Å². The first kappa shape index (κ1) is 14.1. The Balaban J connectivity index is 2.22. The summed E-state index contributed by atoms with van der Waals surface area (Å²) >= 11 is 0. The molecule has 0 bridgehead atoms. The van der Waals surface area contributed by atoms with Crippen LogP contribution in [0.25, 0.3) is 0 Å². The van der Waals surface area contributed by atoms with E-state index in [1.54, 1.807) is 0 Å². The Kier molecular flexibility index (Phi) is 4.25. The Labute approximate surface area is 115 Å². The Morgan fingerprint density at radius 1 is 1.16 bits per heavy atom. The minimum absolute atomic E-state index is 0.138. The van der Waals surface area contributed by atoms with Gasteiger partial charge in [0.05, 0.1) is 0 Å². The molecule has 0 spiro atoms. The van der Waals surface area contributed by atoms with Crippen molar-refractivity contribution in [3.8, 4) is 0 Å². The zero-order valence-corrected chi connectivity index (χ0v) is 12.1. The molecule has 1 aliphatic heterocycles. The van der Waals surface area contributed by atoms with Crippen molar-refractivity contribution in [3.05, 3.63) is 35.9 Å². The number of benzene rings is 1. The smallest absolute Gasteiger partial charge is 0.328 e. The van der Waals surface area contributed by atoms with Gasteiger partial charge in [-0.1, -0.05) is 30.3 Å². The molecule has 0 radical (unpaired) electrons. The lowest BCUT2D eigenvalue weighted by Gasteiger charge is -2.29. The van der Waals surface area contributed by atoms with Crippen LogP contribution in [0, 0.1) is 0 Å². The molecule has 104 valence electrons. The average molecular weight is 261 g/mol. The van der Waals surface area contributed by atoms with Gasteiger partial charge in [-0.15, -0.1) is 0 Å². The molecular formula is C16H23NO2. The van der Waals surface area contributed by atoms with E-state index in [2.05, 4.69) is 4.90 Å². The van der Waals surface area contributed by atoms with Gasteiger partial charge in [0.15, 0.2) is 0 Å². The Bertz CT molecular complexity index is 416. The molecule has 1 aromatic carbocycles. The van der Waals surface area contributed by atoms with Gasteiger partial charge in [0.1, 0.15) is 11.6 Å². The van der Waals surface area contributed by atoms with Crippen LogP contribution in [-0.2, 0) is 9.53 Å². The number of carbonyl (C=O) groups excluding carboxylic acids is 1. The fourth-order valence-corrected chi connectivity index (χ4v) is 2.49. The van der Waals surface area contributed by atoms with Gasteiger partial charge in [-0.25, -0.2) is 4.79 Å². The van der Waals surface area contributed by atoms with Gasteiger partial charge in [-0.3, -0.25) is 4.90 Å². The minimum atomic E-state index is -0.441. The number of esters is 1. The number of hydrogen-bond acceptors (Lipinski definition) is 3. The molecule has 1 aliphatic rings. The largest absolute Gasteiger partial charge is 0.459 e. The van der Waals surface area contributed by atoms with Gasteiger partial charge in [0.25, 0.3) is 0 Å². The maximum atomic E-state index is 12.5. The van der Waals surface area contributed by atoms with E-state index >= 15 is 0 Å². The van der Waals surface area contributed by atoms with E-state index < -0.39 is 5.60 Å². The third-order valence-electron chi connectivity index (χ3n) is 3.25. The number of ether oxygens (including phenoxy) is 1. The second-order valence-electron chi connectivity index (χ2n) is 6.09. The number of carbonyl (C=O) groups is 1. The van der Waals surface area contributed by atoms with Crippen LogP contribution in [0.5, 0.6) is 0 Å². The molecule has 3 nitrogen and oxygen atoms in total. The molecule has 0 N–H and O–H groups in total. The Morgan fingerprint density at radius 3 is 2.26 bits per heavy atom. The highest BCUT2D eigenvalue weighted by atomic mass is 16.6. The minimum Gasteiger partial charge on any atom is -0.459 e. The first-order valence-corrected chi connectivity index (χ1v) is 6.99. The van der Waals surface area contributed by atoms with E-state index in [1.807, 2.05) is 51.1 Å². The SMILES string of the molecule is CC(C)(C)OC(=O)C(c1ccccc1)N1CCCC1. The maximum absolute atomic E-state index is 12.5. The zero-order chi connectivity index (χ0) is 13.9. The third kappa shape index (κ3) is 3.80. The van der Waals surface area contributed by atoms with Crippen molar-refractivity contribution in [1.29, 1.82) is 0 Å². The van der Waals surface area contributed by atoms with Gasteiger partial charge < -0.3 is 4.74 Å². The molecule has 0 saturated carbocycles. The van der Waals surface area contributed by atoms with Gasteiger partial charge in [-0.2, -0.15) is 0 Å². The molecule has 1 unspecified atom stereocenters. The number of hydrogen-bond donors (Lipinski definition) is 0. The van der Waals surface area contributed by atoms with E-state index in [0.717, 1.165) is 31.5 Å². The summed E-state index contributed by atoms with van der Waals surface area (Å²) in [5.74, 6) is -0.138. The number of rotatable bonds is 3. The molecular weight excluding hydrogens is 238 g/mol. The molecule has 3 heteroatoms. The first-order valence-electron chi connectivity index (χ1n) is 6.99. The highest BCUT2D eigenvalue weighted by Gasteiger charge is 2.33. The second kappa shape index (κ2) is 5.74. The normalized spacial score (nSPS) is 18.3. The van der Waals surface area contributed by atoms with Crippen molar-refractivity contribution in [1.82, 2.24) is 4.90 Å². The van der Waals surface area contributed by atoms with Gasteiger partial charge in [0.2, 0.25) is 0 Å². The predicted octanol–water partition coefficient (Wildman–Crippen LogP) is 3.17. The van der Waals surface area contributed by atoms with Crippen molar-refractivity contribution >= 4 is 5.97 Å². The summed E-state index contributed by atoms with van der Waals surface area (Å²) in [5.41, 5.74) is 0.586. The van der Waals surface area contributed by atoms with Crippen LogP contribution in [-0.4, -0.2) is 29.6 Å². The topological polar surface area (TPSA) is 29.5 Å². The van der Waals surface area contributed by atoms with Crippen LogP contribution in [0.2, 0.25) is 0 Å². The van der Waals surface area contributed by atoms with Crippen LogP contribution >= 0.6 is 0 Å². The van der Waals surface area contributed by atoms with Crippen molar-refractivity contribution in [2.24, 2.45) is 0 Å². The maximum Gasteiger partial charge on any atom is 0.328 e. The van der Waals surface area contributed by atoms with Crippen molar-refractivity contribution < 1.29 is 9.53 Å². The summed E-state index contributed by atoms with van der Waals surface area (Å²) in [5, 5.41) is 0. The van der Waals surface area contributed by atoms with Crippen LogP contribution in [0.3, 0.4) is 0 Å². The average Bonchev–Trinajstić information content (AvgIpc) is 2.82. The highest BCUT2D eigenvalue weighted by Crippen LogP contribution is 2.27. The summed E-state index contributed by atoms with van der Waals surface area (Å²) in [6, 6.07) is 9.67. The molecule has 1 fully saturated rings. The summed E-state index contributed by atoms with van der Waals surface area (Å²) in [6.45, 7) is 7.68. The number of likely N-dealkylation sites (tertiary alicyclic amines) is 1. The molecule has 0 aliphatic carbocycles.